The van der Waals surface area contributed by atoms with Gasteiger partial charge in [-0.1, -0.05) is 12.8 Å². The number of methoxy groups -OCH3 is 1. The van der Waals surface area contributed by atoms with Crippen molar-refractivity contribution in [1.82, 2.24) is 0 Å². The summed E-state index contributed by atoms with van der Waals surface area (Å²) in [5, 5.41) is 2.98. The highest BCUT2D eigenvalue weighted by Gasteiger charge is 2.54. The number of nitrogens with one attached hydrogen (secondary N) is 1. The van der Waals surface area contributed by atoms with Crippen molar-refractivity contribution < 1.29 is 9.53 Å². The predicted molar refractivity (Wildman–Crippen MR) is 75.0 cm³/mol. The van der Waals surface area contributed by atoms with E-state index in [0.717, 1.165) is 5.69 Å². The first-order valence-electron chi connectivity index (χ1n) is 6.95. The normalized spacial score (nSPS) is 28.4. The van der Waals surface area contributed by atoms with Gasteiger partial charge in [-0.3, -0.25) is 4.79 Å². The molecular weight excluding hydrogens is 240 g/mol. The largest absolute Gasteiger partial charge is 0.495 e. The fourth-order valence-electron chi connectivity index (χ4n) is 3.42. The minimum absolute atomic E-state index is 0.154. The number of amides is 1. The number of nitrogens with two attached hydrogens (primary N) is 1. The highest BCUT2D eigenvalue weighted by Crippen LogP contribution is 2.55. The van der Waals surface area contributed by atoms with Crippen molar-refractivity contribution in [3.8, 4) is 5.75 Å². The van der Waals surface area contributed by atoms with E-state index in [0.29, 0.717) is 23.3 Å². The molecule has 2 aliphatic rings. The first kappa shape index (κ1) is 12.3. The highest BCUT2D eigenvalue weighted by molar-refractivity contribution is 5.95. The van der Waals surface area contributed by atoms with Gasteiger partial charge < -0.3 is 15.8 Å². The number of rotatable bonds is 3. The van der Waals surface area contributed by atoms with E-state index in [-0.39, 0.29) is 11.8 Å². The van der Waals surface area contributed by atoms with Gasteiger partial charge in [0.2, 0.25) is 5.91 Å². The Morgan fingerprint density at radius 2 is 2.00 bits per heavy atom. The molecule has 2 fully saturated rings. The Kier molecular flexibility index (Phi) is 3.09. The van der Waals surface area contributed by atoms with Gasteiger partial charge in [0.15, 0.2) is 0 Å². The number of benzene rings is 1. The van der Waals surface area contributed by atoms with Crippen molar-refractivity contribution in [2.75, 3.05) is 18.2 Å². The molecule has 1 aromatic rings. The van der Waals surface area contributed by atoms with Crippen LogP contribution in [0.25, 0.3) is 0 Å². The number of carbonyl (C=O) groups is 1. The summed E-state index contributed by atoms with van der Waals surface area (Å²) in [7, 11) is 1.58. The lowest BCUT2D eigenvalue weighted by Crippen LogP contribution is -2.15. The number of anilines is 2. The maximum atomic E-state index is 12.2. The zero-order chi connectivity index (χ0) is 13.4. The molecule has 2 aliphatic carbocycles. The molecule has 0 aromatic heterocycles. The van der Waals surface area contributed by atoms with Crippen LogP contribution < -0.4 is 15.8 Å². The molecule has 1 aromatic carbocycles. The molecule has 0 spiro atoms. The minimum atomic E-state index is 0.154. The van der Waals surface area contributed by atoms with Crippen LogP contribution in [0, 0.1) is 17.8 Å². The van der Waals surface area contributed by atoms with Crippen LogP contribution in [-0.2, 0) is 4.79 Å². The van der Waals surface area contributed by atoms with Gasteiger partial charge in [-0.25, -0.2) is 0 Å². The van der Waals surface area contributed by atoms with E-state index in [4.69, 9.17) is 10.5 Å². The van der Waals surface area contributed by atoms with Crippen LogP contribution in [0.5, 0.6) is 5.75 Å². The Labute approximate surface area is 113 Å². The molecule has 1 amide bonds. The number of fused-ring (bicyclic) bond motifs is 1. The molecule has 2 atom stereocenters. The summed E-state index contributed by atoms with van der Waals surface area (Å²) in [6.07, 6.45) is 4.99. The highest BCUT2D eigenvalue weighted by atomic mass is 16.5. The van der Waals surface area contributed by atoms with E-state index in [1.165, 1.54) is 25.7 Å². The molecule has 0 heterocycles. The molecule has 102 valence electrons. The molecule has 4 heteroatoms. The first-order valence-corrected chi connectivity index (χ1v) is 6.95. The van der Waals surface area contributed by atoms with Gasteiger partial charge in [0.1, 0.15) is 5.75 Å². The summed E-state index contributed by atoms with van der Waals surface area (Å²) >= 11 is 0. The molecular formula is C15H20N2O2. The lowest BCUT2D eigenvalue weighted by Gasteiger charge is -2.08. The Morgan fingerprint density at radius 3 is 2.58 bits per heavy atom. The Bertz CT molecular complexity index is 489. The second kappa shape index (κ2) is 4.76. The number of hydrogen-bond donors (Lipinski definition) is 2. The average molecular weight is 260 g/mol. The smallest absolute Gasteiger partial charge is 0.228 e. The topological polar surface area (TPSA) is 64.3 Å². The molecule has 0 aliphatic heterocycles. The van der Waals surface area contributed by atoms with E-state index in [2.05, 4.69) is 5.32 Å². The van der Waals surface area contributed by atoms with Crippen molar-refractivity contribution in [3.05, 3.63) is 18.2 Å². The quantitative estimate of drug-likeness (QED) is 0.821. The van der Waals surface area contributed by atoms with Gasteiger partial charge in [0.05, 0.1) is 12.8 Å². The Hall–Kier alpha value is -1.71. The fraction of sp³-hybridized carbons (Fsp3) is 0.533. The molecule has 3 N–H and O–H groups in total. The first-order chi connectivity index (χ1) is 9.20. The Balaban J connectivity index is 1.65. The van der Waals surface area contributed by atoms with E-state index in [1.807, 2.05) is 6.07 Å². The van der Waals surface area contributed by atoms with Crippen LogP contribution in [0.15, 0.2) is 18.2 Å². The van der Waals surface area contributed by atoms with Crippen LogP contribution in [0.4, 0.5) is 11.4 Å². The zero-order valence-corrected chi connectivity index (χ0v) is 11.2. The SMILES string of the molecule is COc1ccc(NC(=O)C2C3CCCCC32)cc1N. The van der Waals surface area contributed by atoms with Gasteiger partial charge in [-0.15, -0.1) is 0 Å². The molecule has 3 rings (SSSR count). The standard InChI is InChI=1S/C15H20N2O2/c1-19-13-7-6-9(8-12(13)16)17-15(18)14-10-4-2-3-5-11(10)14/h6-8,10-11,14H,2-5,16H2,1H3,(H,17,18). The van der Waals surface area contributed by atoms with Crippen molar-refractivity contribution in [1.29, 1.82) is 0 Å². The second-order valence-electron chi connectivity index (χ2n) is 5.58. The molecule has 2 saturated carbocycles. The summed E-state index contributed by atoms with van der Waals surface area (Å²) in [5.74, 6) is 2.28. The van der Waals surface area contributed by atoms with Crippen LogP contribution in [-0.4, -0.2) is 13.0 Å². The number of carbonyl (C=O) groups excluding carboxylic acids is 1. The van der Waals surface area contributed by atoms with E-state index in [9.17, 15) is 4.79 Å². The molecule has 0 radical (unpaired) electrons. The lowest BCUT2D eigenvalue weighted by molar-refractivity contribution is -0.117. The van der Waals surface area contributed by atoms with Gasteiger partial charge >= 0.3 is 0 Å². The molecule has 0 saturated heterocycles. The monoisotopic (exact) mass is 260 g/mol. The third kappa shape index (κ3) is 2.27. The second-order valence-corrected chi connectivity index (χ2v) is 5.58. The summed E-state index contributed by atoms with van der Waals surface area (Å²) in [6.45, 7) is 0. The molecule has 19 heavy (non-hydrogen) atoms. The predicted octanol–water partition coefficient (Wildman–Crippen LogP) is 2.65. The third-order valence-electron chi connectivity index (χ3n) is 4.46. The third-order valence-corrected chi connectivity index (χ3v) is 4.46. The Morgan fingerprint density at radius 1 is 1.32 bits per heavy atom. The molecule has 0 bridgehead atoms. The van der Waals surface area contributed by atoms with Gasteiger partial charge in [0, 0.05) is 11.6 Å². The van der Waals surface area contributed by atoms with E-state index < -0.39 is 0 Å². The summed E-state index contributed by atoms with van der Waals surface area (Å²) in [6, 6.07) is 5.37. The maximum absolute atomic E-state index is 12.2. The van der Waals surface area contributed by atoms with Crippen molar-refractivity contribution in [2.24, 2.45) is 17.8 Å². The van der Waals surface area contributed by atoms with E-state index in [1.54, 1.807) is 19.2 Å². The zero-order valence-electron chi connectivity index (χ0n) is 11.2. The van der Waals surface area contributed by atoms with Gasteiger partial charge in [-0.2, -0.15) is 0 Å². The number of hydrogen-bond acceptors (Lipinski definition) is 3. The number of ether oxygens (including phenoxy) is 1. The van der Waals surface area contributed by atoms with Crippen LogP contribution in [0.1, 0.15) is 25.7 Å². The van der Waals surface area contributed by atoms with Crippen molar-refractivity contribution in [2.45, 2.75) is 25.7 Å². The fourth-order valence-corrected chi connectivity index (χ4v) is 3.42. The average Bonchev–Trinajstić information content (AvgIpc) is 3.13. The van der Waals surface area contributed by atoms with Crippen LogP contribution in [0.2, 0.25) is 0 Å². The van der Waals surface area contributed by atoms with Gasteiger partial charge in [0.25, 0.3) is 0 Å². The minimum Gasteiger partial charge on any atom is -0.495 e. The van der Waals surface area contributed by atoms with Crippen LogP contribution >= 0.6 is 0 Å². The number of nitrogen functional groups attached to an aromatic ring is 1. The van der Waals surface area contributed by atoms with Crippen molar-refractivity contribution >= 4 is 17.3 Å². The van der Waals surface area contributed by atoms with Gasteiger partial charge in [-0.05, 0) is 42.9 Å². The van der Waals surface area contributed by atoms with Crippen LogP contribution in [0.3, 0.4) is 0 Å². The lowest BCUT2D eigenvalue weighted by atomic mass is 10.0. The maximum Gasteiger partial charge on any atom is 0.228 e. The van der Waals surface area contributed by atoms with Crippen molar-refractivity contribution in [3.63, 3.8) is 0 Å². The molecule has 4 nitrogen and oxygen atoms in total. The summed E-state index contributed by atoms with van der Waals surface area (Å²) in [5.41, 5.74) is 7.15. The van der Waals surface area contributed by atoms with E-state index >= 15 is 0 Å². The molecule has 2 unspecified atom stereocenters. The summed E-state index contributed by atoms with van der Waals surface area (Å²) in [4.78, 5) is 12.2. The summed E-state index contributed by atoms with van der Waals surface area (Å²) < 4.78 is 5.10.